The third-order valence-electron chi connectivity index (χ3n) is 4.48. The normalized spacial score (nSPS) is 10.8. The smallest absolute Gasteiger partial charge is 0.324 e. The summed E-state index contributed by atoms with van der Waals surface area (Å²) in [4.78, 5) is 15.8. The van der Waals surface area contributed by atoms with Gasteiger partial charge in [0.1, 0.15) is 5.82 Å². The molecular weight excluding hydrogens is 451 g/mol. The summed E-state index contributed by atoms with van der Waals surface area (Å²) in [7, 11) is 0. The maximum Gasteiger partial charge on any atom is 0.324 e. The predicted octanol–water partition coefficient (Wildman–Crippen LogP) is 5.54. The van der Waals surface area contributed by atoms with Crippen LogP contribution in [-0.2, 0) is 38.1 Å². The summed E-state index contributed by atoms with van der Waals surface area (Å²) in [6.07, 6.45) is 1.87. The molecule has 4 aromatic rings. The Bertz CT molecular complexity index is 1130. The molecule has 30 heavy (non-hydrogen) atoms. The van der Waals surface area contributed by atoms with Crippen LogP contribution < -0.4 is 10.6 Å². The van der Waals surface area contributed by atoms with Crippen LogP contribution in [-0.4, -0.2) is 20.8 Å². The molecule has 3 N–H and O–H groups in total. The van der Waals surface area contributed by atoms with E-state index in [4.69, 9.17) is 5.10 Å². The predicted molar refractivity (Wildman–Crippen MR) is 118 cm³/mol. The molecule has 6 nitrogen and oxygen atoms in total. The monoisotopic (exact) mass is 476 g/mol. The molecule has 0 unspecified atom stereocenters. The number of aromatic amines is 1. The summed E-state index contributed by atoms with van der Waals surface area (Å²) >= 11 is 0. The van der Waals surface area contributed by atoms with Gasteiger partial charge in [0.25, 0.3) is 0 Å². The van der Waals surface area contributed by atoms with E-state index in [1.807, 2.05) is 60.8 Å². The zero-order valence-corrected chi connectivity index (χ0v) is 20.5. The number of carbonyl (C=O) groups is 1. The van der Waals surface area contributed by atoms with Gasteiger partial charge < -0.3 is 17.7 Å². The molecule has 0 aliphatic heterocycles. The van der Waals surface area contributed by atoms with Crippen molar-refractivity contribution in [2.24, 2.45) is 0 Å². The van der Waals surface area contributed by atoms with Crippen LogP contribution in [0, 0.1) is 13.5 Å². The van der Waals surface area contributed by atoms with Gasteiger partial charge in [-0.15, -0.1) is 12.1 Å². The minimum atomic E-state index is -0.320. The summed E-state index contributed by atoms with van der Waals surface area (Å²) in [5.74, 6) is 0.608. The number of carbonyl (C=O) groups excluding carboxylic acids is 1. The van der Waals surface area contributed by atoms with E-state index >= 15 is 0 Å². The third-order valence-corrected chi connectivity index (χ3v) is 4.48. The van der Waals surface area contributed by atoms with Crippen LogP contribution in [0.5, 0.6) is 0 Å². The van der Waals surface area contributed by atoms with Crippen molar-refractivity contribution in [1.82, 2.24) is 14.8 Å². The van der Waals surface area contributed by atoms with Gasteiger partial charge in [-0.05, 0) is 30.0 Å². The van der Waals surface area contributed by atoms with Crippen molar-refractivity contribution in [1.29, 1.82) is 0 Å². The molecule has 153 valence electrons. The van der Waals surface area contributed by atoms with Gasteiger partial charge in [0.15, 0.2) is 0 Å². The van der Waals surface area contributed by atoms with Crippen LogP contribution in [0.25, 0.3) is 16.6 Å². The number of hydrogen-bond acceptors (Lipinski definition) is 2. The van der Waals surface area contributed by atoms with E-state index < -0.39 is 0 Å². The molecule has 0 saturated heterocycles. The second-order valence-corrected chi connectivity index (χ2v) is 7.69. The van der Waals surface area contributed by atoms with Gasteiger partial charge in [-0.1, -0.05) is 20.8 Å². The minimum absolute atomic E-state index is 0. The Morgan fingerprint density at radius 3 is 2.50 bits per heavy atom. The summed E-state index contributed by atoms with van der Waals surface area (Å²) < 4.78 is 1.74. The number of aromatic nitrogens is 3. The molecule has 1 radical (unpaired) electrons. The van der Waals surface area contributed by atoms with Crippen LogP contribution in [0.3, 0.4) is 0 Å². The summed E-state index contributed by atoms with van der Waals surface area (Å²) in [6.45, 7) is 6.27. The van der Waals surface area contributed by atoms with Gasteiger partial charge in [0.05, 0.1) is 5.69 Å². The Morgan fingerprint density at radius 1 is 1.07 bits per heavy atom. The number of H-pyrrole nitrogens is 1. The minimum Gasteiger partial charge on any atom is -0.361 e. The molecule has 7 heteroatoms. The largest absolute Gasteiger partial charge is 0.361 e. The SMILES string of the molecule is CC(C)(C)c1cc(NC(=O)Nc2ccc3[nH]ccc3c2)n(-c2cc[c-]cc2)n1.[CH3-].[Y]. The van der Waals surface area contributed by atoms with Crippen molar-refractivity contribution in [3.8, 4) is 5.69 Å². The first-order valence-electron chi connectivity index (χ1n) is 9.12. The number of anilines is 2. The first-order chi connectivity index (χ1) is 13.4. The van der Waals surface area contributed by atoms with Gasteiger partial charge in [0.2, 0.25) is 0 Å². The Hall–Kier alpha value is -2.44. The second kappa shape index (κ2) is 9.58. The van der Waals surface area contributed by atoms with Crippen molar-refractivity contribution in [2.45, 2.75) is 26.2 Å². The molecule has 0 bridgehead atoms. The molecule has 0 aliphatic rings. The Morgan fingerprint density at radius 2 is 1.80 bits per heavy atom. The van der Waals surface area contributed by atoms with E-state index in [9.17, 15) is 4.79 Å². The quantitative estimate of drug-likeness (QED) is 0.340. The number of fused-ring (bicyclic) bond motifs is 1. The topological polar surface area (TPSA) is 74.7 Å². The van der Waals surface area contributed by atoms with Gasteiger partial charge in [0, 0.05) is 67.0 Å². The van der Waals surface area contributed by atoms with Crippen molar-refractivity contribution < 1.29 is 37.5 Å². The Labute approximate surface area is 202 Å². The van der Waals surface area contributed by atoms with E-state index in [2.05, 4.69) is 42.5 Å². The number of urea groups is 1. The van der Waals surface area contributed by atoms with Crippen LogP contribution in [0.2, 0.25) is 0 Å². The van der Waals surface area contributed by atoms with Gasteiger partial charge in [-0.2, -0.15) is 23.3 Å². The van der Waals surface area contributed by atoms with E-state index in [1.54, 1.807) is 4.68 Å². The fraction of sp³-hybridized carbons (Fsp3) is 0.174. The molecule has 2 amide bonds. The van der Waals surface area contributed by atoms with Gasteiger partial charge in [-0.3, -0.25) is 5.32 Å². The molecule has 0 saturated carbocycles. The van der Waals surface area contributed by atoms with Gasteiger partial charge in [-0.25, -0.2) is 9.48 Å². The number of benzene rings is 2. The van der Waals surface area contributed by atoms with E-state index in [0.717, 1.165) is 28.0 Å². The average Bonchev–Trinajstić information content (AvgIpc) is 3.28. The number of amides is 2. The first-order valence-corrected chi connectivity index (χ1v) is 9.12. The molecule has 4 rings (SSSR count). The number of nitrogens with one attached hydrogen (secondary N) is 3. The molecule has 0 aliphatic carbocycles. The van der Waals surface area contributed by atoms with Crippen LogP contribution >= 0.6 is 0 Å². The van der Waals surface area contributed by atoms with Crippen molar-refractivity contribution in [3.63, 3.8) is 0 Å². The van der Waals surface area contributed by atoms with E-state index in [-0.39, 0.29) is 51.6 Å². The first kappa shape index (κ1) is 23.8. The average molecular weight is 476 g/mol. The molecule has 2 heterocycles. The summed E-state index contributed by atoms with van der Waals surface area (Å²) in [5.41, 5.74) is 3.36. The van der Waals surface area contributed by atoms with E-state index in [0.29, 0.717) is 5.82 Å². The number of rotatable bonds is 3. The molecule has 0 fully saturated rings. The van der Waals surface area contributed by atoms with Crippen LogP contribution in [0.15, 0.2) is 60.8 Å². The third kappa shape index (κ3) is 5.18. The fourth-order valence-electron chi connectivity index (χ4n) is 2.96. The standard InChI is InChI=1S/C22H22N5O.CH3.Y/c1-22(2,3)19-14-20(27(26-19)17-7-5-4-6-8-17)25-21(28)24-16-9-10-18-15(13-16)11-12-23-18;;/h5-14,23H,1-3H3,(H2,24,25,28);1H3;/q2*-1;. The Kier molecular flexibility index (Phi) is 7.61. The number of nitrogens with zero attached hydrogens (tertiary/aromatic N) is 2. The number of hydrogen-bond donors (Lipinski definition) is 3. The zero-order chi connectivity index (χ0) is 19.7. The van der Waals surface area contributed by atoms with Crippen molar-refractivity contribution in [2.75, 3.05) is 10.6 Å². The molecule has 2 aromatic carbocycles. The summed E-state index contributed by atoms with van der Waals surface area (Å²) in [6, 6.07) is 19.7. The van der Waals surface area contributed by atoms with Crippen LogP contribution in [0.1, 0.15) is 26.5 Å². The van der Waals surface area contributed by atoms with E-state index in [1.165, 1.54) is 0 Å². The van der Waals surface area contributed by atoms with Gasteiger partial charge >= 0.3 is 6.03 Å². The second-order valence-electron chi connectivity index (χ2n) is 7.69. The van der Waals surface area contributed by atoms with Crippen LogP contribution in [0.4, 0.5) is 16.3 Å². The molecule has 0 atom stereocenters. The van der Waals surface area contributed by atoms with Crippen molar-refractivity contribution >= 4 is 28.4 Å². The summed E-state index contributed by atoms with van der Waals surface area (Å²) in [5, 5.41) is 11.6. The maximum atomic E-state index is 12.6. The molecule has 0 spiro atoms. The molecular formula is C23H25N5OY-2. The van der Waals surface area contributed by atoms with Crippen molar-refractivity contribution in [3.05, 3.63) is 80.0 Å². The fourth-order valence-corrected chi connectivity index (χ4v) is 2.96. The Balaban J connectivity index is 0.00000160. The zero-order valence-electron chi connectivity index (χ0n) is 17.7. The molecule has 2 aromatic heterocycles. The maximum absolute atomic E-state index is 12.6.